The maximum atomic E-state index is 13.0. The molecule has 2 N–H and O–H groups in total. The fourth-order valence-corrected chi connectivity index (χ4v) is 4.35. The standard InChI is InChI=1S/C24H20O5/c1-13(2)9-14-3-6-18-17(10-14)23(27)29-24(18)19-7-4-15(25)11-21(19)28-22-12-16(26)5-8-20(22)24/h3-8,10-13,25-26H,9H2,1-2H3. The number of rotatable bonds is 2. The third-order valence-corrected chi connectivity index (χ3v) is 5.48. The molecule has 0 atom stereocenters. The number of phenols is 2. The minimum Gasteiger partial charge on any atom is -0.508 e. The third kappa shape index (κ3) is 2.50. The Hall–Kier alpha value is -3.47. The van der Waals surface area contributed by atoms with E-state index in [0.29, 0.717) is 34.1 Å². The first kappa shape index (κ1) is 17.6. The summed E-state index contributed by atoms with van der Waals surface area (Å²) in [6, 6.07) is 15.4. The van der Waals surface area contributed by atoms with E-state index in [2.05, 4.69) is 13.8 Å². The van der Waals surface area contributed by atoms with Crippen LogP contribution in [0.5, 0.6) is 23.0 Å². The largest absolute Gasteiger partial charge is 0.508 e. The first-order valence-electron chi connectivity index (χ1n) is 9.60. The van der Waals surface area contributed by atoms with Gasteiger partial charge in [0.25, 0.3) is 0 Å². The lowest BCUT2D eigenvalue weighted by Crippen LogP contribution is -2.32. The Morgan fingerprint density at radius 2 is 1.45 bits per heavy atom. The van der Waals surface area contributed by atoms with Crippen molar-refractivity contribution in [2.24, 2.45) is 5.92 Å². The molecule has 0 saturated heterocycles. The zero-order valence-corrected chi connectivity index (χ0v) is 16.1. The highest BCUT2D eigenvalue weighted by Crippen LogP contribution is 2.57. The summed E-state index contributed by atoms with van der Waals surface area (Å²) in [5.74, 6) is 0.921. The molecule has 0 saturated carbocycles. The Morgan fingerprint density at radius 1 is 0.862 bits per heavy atom. The lowest BCUT2D eigenvalue weighted by atomic mass is 9.77. The van der Waals surface area contributed by atoms with E-state index in [1.165, 1.54) is 12.1 Å². The summed E-state index contributed by atoms with van der Waals surface area (Å²) in [5.41, 5.74) is 2.43. The quantitative estimate of drug-likeness (QED) is 0.613. The van der Waals surface area contributed by atoms with Crippen LogP contribution in [0.3, 0.4) is 0 Å². The van der Waals surface area contributed by atoms with Crippen LogP contribution >= 0.6 is 0 Å². The SMILES string of the molecule is CC(C)Cc1ccc2c(c1)C(=O)OC21c2ccc(O)cc2Oc2cc(O)ccc21. The smallest absolute Gasteiger partial charge is 0.340 e. The molecule has 0 fully saturated rings. The predicted molar refractivity (Wildman–Crippen MR) is 107 cm³/mol. The molecule has 2 aliphatic heterocycles. The molecule has 5 nitrogen and oxygen atoms in total. The van der Waals surface area contributed by atoms with E-state index in [1.54, 1.807) is 24.3 Å². The summed E-state index contributed by atoms with van der Waals surface area (Å²) in [6.07, 6.45) is 0.867. The minimum absolute atomic E-state index is 0.0410. The molecule has 0 bridgehead atoms. The van der Waals surface area contributed by atoms with Gasteiger partial charge in [-0.25, -0.2) is 4.79 Å². The minimum atomic E-state index is -1.19. The summed E-state index contributed by atoms with van der Waals surface area (Å²) in [6.45, 7) is 4.27. The maximum Gasteiger partial charge on any atom is 0.340 e. The molecule has 1 spiro atoms. The zero-order chi connectivity index (χ0) is 20.3. The van der Waals surface area contributed by atoms with Crippen LogP contribution in [0.2, 0.25) is 0 Å². The van der Waals surface area contributed by atoms with Gasteiger partial charge in [-0.15, -0.1) is 0 Å². The highest BCUT2D eigenvalue weighted by molar-refractivity contribution is 5.97. The van der Waals surface area contributed by atoms with E-state index in [9.17, 15) is 15.0 Å². The number of carbonyl (C=O) groups excluding carboxylic acids is 1. The van der Waals surface area contributed by atoms with Crippen LogP contribution in [0.1, 0.15) is 46.5 Å². The van der Waals surface area contributed by atoms with Crippen LogP contribution in [0.25, 0.3) is 0 Å². The number of aromatic hydroxyl groups is 2. The van der Waals surface area contributed by atoms with Gasteiger partial charge in [0, 0.05) is 28.8 Å². The van der Waals surface area contributed by atoms with Crippen LogP contribution in [0.15, 0.2) is 54.6 Å². The second-order valence-corrected chi connectivity index (χ2v) is 8.01. The van der Waals surface area contributed by atoms with E-state index in [-0.39, 0.29) is 11.5 Å². The molecule has 0 aromatic heterocycles. The van der Waals surface area contributed by atoms with Gasteiger partial charge >= 0.3 is 5.97 Å². The molecule has 0 aliphatic carbocycles. The van der Waals surface area contributed by atoms with Crippen molar-refractivity contribution >= 4 is 5.97 Å². The zero-order valence-electron chi connectivity index (χ0n) is 16.1. The summed E-state index contributed by atoms with van der Waals surface area (Å²) in [4.78, 5) is 13.0. The highest BCUT2D eigenvalue weighted by Gasteiger charge is 2.53. The van der Waals surface area contributed by atoms with Crippen LogP contribution in [0, 0.1) is 5.92 Å². The molecule has 0 unspecified atom stereocenters. The van der Waals surface area contributed by atoms with Crippen molar-refractivity contribution in [2.45, 2.75) is 25.9 Å². The summed E-state index contributed by atoms with van der Waals surface area (Å²) < 4.78 is 12.0. The topological polar surface area (TPSA) is 76.0 Å². The summed E-state index contributed by atoms with van der Waals surface area (Å²) in [5, 5.41) is 19.9. The van der Waals surface area contributed by atoms with E-state index in [4.69, 9.17) is 9.47 Å². The molecule has 0 radical (unpaired) electrons. The number of fused-ring (bicyclic) bond motifs is 6. The van der Waals surface area contributed by atoms with Crippen LogP contribution < -0.4 is 4.74 Å². The molecule has 146 valence electrons. The summed E-state index contributed by atoms with van der Waals surface area (Å²) in [7, 11) is 0. The van der Waals surface area contributed by atoms with Crippen molar-refractivity contribution in [2.75, 3.05) is 0 Å². The van der Waals surface area contributed by atoms with E-state index >= 15 is 0 Å². The molecular formula is C24H20O5. The Bertz CT molecular complexity index is 1110. The molecule has 3 aromatic rings. The normalized spacial score (nSPS) is 15.5. The monoisotopic (exact) mass is 388 g/mol. The van der Waals surface area contributed by atoms with Gasteiger partial charge in [0.05, 0.1) is 5.56 Å². The second kappa shape index (κ2) is 6.01. The Labute approximate surface area is 168 Å². The van der Waals surface area contributed by atoms with E-state index < -0.39 is 11.6 Å². The molecule has 2 aliphatic rings. The fraction of sp³-hybridized carbons (Fsp3) is 0.208. The number of phenolic OH excluding ortho intramolecular Hbond substituents is 2. The van der Waals surface area contributed by atoms with Crippen molar-refractivity contribution in [1.82, 2.24) is 0 Å². The van der Waals surface area contributed by atoms with Crippen molar-refractivity contribution in [1.29, 1.82) is 0 Å². The molecule has 5 rings (SSSR count). The average Bonchev–Trinajstić information content (AvgIpc) is 2.93. The number of esters is 1. The molecular weight excluding hydrogens is 368 g/mol. The Balaban J connectivity index is 1.80. The lowest BCUT2D eigenvalue weighted by Gasteiger charge is -2.36. The highest BCUT2D eigenvalue weighted by atomic mass is 16.6. The van der Waals surface area contributed by atoms with Crippen LogP contribution in [-0.2, 0) is 16.8 Å². The van der Waals surface area contributed by atoms with Gasteiger partial charge in [0.1, 0.15) is 23.0 Å². The van der Waals surface area contributed by atoms with Gasteiger partial charge in [-0.1, -0.05) is 26.0 Å². The lowest BCUT2D eigenvalue weighted by molar-refractivity contribution is 0.0224. The Kier molecular flexibility index (Phi) is 3.65. The van der Waals surface area contributed by atoms with Crippen molar-refractivity contribution in [3.05, 3.63) is 82.4 Å². The number of hydrogen-bond donors (Lipinski definition) is 2. The number of hydrogen-bond acceptors (Lipinski definition) is 5. The molecule has 3 aromatic carbocycles. The van der Waals surface area contributed by atoms with Gasteiger partial charge in [-0.3, -0.25) is 0 Å². The summed E-state index contributed by atoms with van der Waals surface area (Å²) >= 11 is 0. The van der Waals surface area contributed by atoms with E-state index in [1.807, 2.05) is 18.2 Å². The van der Waals surface area contributed by atoms with E-state index in [0.717, 1.165) is 17.5 Å². The third-order valence-electron chi connectivity index (χ3n) is 5.48. The maximum absolute atomic E-state index is 13.0. The predicted octanol–water partition coefficient (Wildman–Crippen LogP) is 4.86. The van der Waals surface area contributed by atoms with Gasteiger partial charge in [-0.05, 0) is 48.2 Å². The average molecular weight is 388 g/mol. The van der Waals surface area contributed by atoms with Gasteiger partial charge in [-0.2, -0.15) is 0 Å². The second-order valence-electron chi connectivity index (χ2n) is 8.01. The fourth-order valence-electron chi connectivity index (χ4n) is 4.35. The van der Waals surface area contributed by atoms with Gasteiger partial charge in [0.15, 0.2) is 5.60 Å². The van der Waals surface area contributed by atoms with Crippen molar-refractivity contribution < 1.29 is 24.5 Å². The van der Waals surface area contributed by atoms with Crippen LogP contribution in [-0.4, -0.2) is 16.2 Å². The molecule has 5 heteroatoms. The number of ether oxygens (including phenoxy) is 2. The van der Waals surface area contributed by atoms with Gasteiger partial charge in [0.2, 0.25) is 0 Å². The van der Waals surface area contributed by atoms with Crippen molar-refractivity contribution in [3.8, 4) is 23.0 Å². The Morgan fingerprint density at radius 3 is 2.03 bits per heavy atom. The molecule has 0 amide bonds. The molecule has 29 heavy (non-hydrogen) atoms. The van der Waals surface area contributed by atoms with Crippen molar-refractivity contribution in [3.63, 3.8) is 0 Å². The number of benzene rings is 3. The first-order chi connectivity index (χ1) is 13.9. The molecule has 2 heterocycles. The van der Waals surface area contributed by atoms with Crippen LogP contribution in [0.4, 0.5) is 0 Å². The van der Waals surface area contributed by atoms with Gasteiger partial charge < -0.3 is 19.7 Å². The first-order valence-corrected chi connectivity index (χ1v) is 9.60. The number of carbonyl (C=O) groups is 1.